The minimum atomic E-state index is -0.0429. The second-order valence-corrected chi connectivity index (χ2v) is 4.77. The average Bonchev–Trinajstić information content (AvgIpc) is 3.17. The van der Waals surface area contributed by atoms with Crippen molar-refractivity contribution in [3.63, 3.8) is 0 Å². The van der Waals surface area contributed by atoms with E-state index in [9.17, 15) is 4.79 Å². The molecular weight excluding hydrogens is 258 g/mol. The number of carbonyl (C=O) groups excluding carboxylic acids is 1. The molecule has 1 aromatic carbocycles. The summed E-state index contributed by atoms with van der Waals surface area (Å²) in [5, 5.41) is 16.5. The van der Waals surface area contributed by atoms with Crippen molar-refractivity contribution < 1.29 is 14.3 Å². The molecule has 1 fully saturated rings. The molecule has 0 aliphatic heterocycles. The van der Waals surface area contributed by atoms with E-state index < -0.39 is 0 Å². The molecule has 1 amide bonds. The molecule has 20 heavy (non-hydrogen) atoms. The Hall–Kier alpha value is -2.21. The number of aromatic nitrogens is 2. The van der Waals surface area contributed by atoms with E-state index in [0.29, 0.717) is 18.0 Å². The van der Waals surface area contributed by atoms with Gasteiger partial charge in [-0.05, 0) is 37.1 Å². The average molecular weight is 273 g/mol. The number of aliphatic hydroxyl groups is 1. The lowest BCUT2D eigenvalue weighted by molar-refractivity contribution is 0.0707. The van der Waals surface area contributed by atoms with Gasteiger partial charge in [-0.15, -0.1) is 10.2 Å². The molecule has 0 spiro atoms. The van der Waals surface area contributed by atoms with Crippen molar-refractivity contribution in [1.29, 1.82) is 0 Å². The molecule has 1 saturated carbocycles. The van der Waals surface area contributed by atoms with E-state index in [1.807, 2.05) is 0 Å². The van der Waals surface area contributed by atoms with Gasteiger partial charge >= 0.3 is 0 Å². The standard InChI is InChI=1S/C14H15N3O3/c18-8-7-17(12-5-6-12)14(19)11-3-1-10(2-4-11)13-16-15-9-20-13/h1-4,9,12,18H,5-8H2. The summed E-state index contributed by atoms with van der Waals surface area (Å²) in [6.07, 6.45) is 3.31. The lowest BCUT2D eigenvalue weighted by atomic mass is 10.1. The summed E-state index contributed by atoms with van der Waals surface area (Å²) in [4.78, 5) is 14.1. The van der Waals surface area contributed by atoms with Gasteiger partial charge in [0, 0.05) is 23.7 Å². The van der Waals surface area contributed by atoms with Crippen LogP contribution >= 0.6 is 0 Å². The zero-order valence-corrected chi connectivity index (χ0v) is 10.9. The normalized spacial score (nSPS) is 14.2. The van der Waals surface area contributed by atoms with E-state index >= 15 is 0 Å². The summed E-state index contributed by atoms with van der Waals surface area (Å²) in [6, 6.07) is 7.34. The Morgan fingerprint density at radius 1 is 1.35 bits per heavy atom. The quantitative estimate of drug-likeness (QED) is 0.889. The molecule has 1 N–H and O–H groups in total. The molecule has 1 aliphatic carbocycles. The monoisotopic (exact) mass is 273 g/mol. The first-order chi connectivity index (χ1) is 9.79. The van der Waals surface area contributed by atoms with Gasteiger partial charge < -0.3 is 14.4 Å². The first-order valence-electron chi connectivity index (χ1n) is 6.58. The van der Waals surface area contributed by atoms with E-state index in [1.165, 1.54) is 6.39 Å². The summed E-state index contributed by atoms with van der Waals surface area (Å²) in [5.74, 6) is 0.386. The number of aliphatic hydroxyl groups excluding tert-OH is 1. The van der Waals surface area contributed by atoms with Crippen LogP contribution < -0.4 is 0 Å². The fraction of sp³-hybridized carbons (Fsp3) is 0.357. The molecule has 0 bridgehead atoms. The van der Waals surface area contributed by atoms with E-state index in [-0.39, 0.29) is 18.6 Å². The van der Waals surface area contributed by atoms with Crippen molar-refractivity contribution in [3.8, 4) is 11.5 Å². The SMILES string of the molecule is O=C(c1ccc(-c2nnco2)cc1)N(CCO)C1CC1. The number of hydrogen-bond donors (Lipinski definition) is 1. The largest absolute Gasteiger partial charge is 0.423 e. The maximum absolute atomic E-state index is 12.4. The molecule has 3 rings (SSSR count). The fourth-order valence-corrected chi connectivity index (χ4v) is 2.16. The molecule has 0 saturated heterocycles. The van der Waals surface area contributed by atoms with Crippen molar-refractivity contribution in [2.75, 3.05) is 13.2 Å². The van der Waals surface area contributed by atoms with Crippen molar-refractivity contribution in [2.24, 2.45) is 0 Å². The Bertz CT molecular complexity index is 576. The van der Waals surface area contributed by atoms with Crippen LogP contribution in [0, 0.1) is 0 Å². The van der Waals surface area contributed by atoms with Gasteiger partial charge in [-0.2, -0.15) is 0 Å². The van der Waals surface area contributed by atoms with Crippen molar-refractivity contribution in [2.45, 2.75) is 18.9 Å². The summed E-state index contributed by atoms with van der Waals surface area (Å²) in [7, 11) is 0. The highest BCUT2D eigenvalue weighted by Crippen LogP contribution is 2.28. The van der Waals surface area contributed by atoms with Gasteiger partial charge in [-0.3, -0.25) is 4.79 Å². The smallest absolute Gasteiger partial charge is 0.254 e. The highest BCUT2D eigenvalue weighted by Gasteiger charge is 2.32. The Labute approximate surface area is 116 Å². The summed E-state index contributed by atoms with van der Waals surface area (Å²) in [6.45, 7) is 0.372. The van der Waals surface area contributed by atoms with Crippen LogP contribution in [0.4, 0.5) is 0 Å². The predicted octanol–water partition coefficient (Wildman–Crippen LogP) is 1.33. The molecule has 0 unspecified atom stereocenters. The minimum absolute atomic E-state index is 0.0116. The molecule has 2 aromatic rings. The highest BCUT2D eigenvalue weighted by atomic mass is 16.4. The Morgan fingerprint density at radius 3 is 2.65 bits per heavy atom. The van der Waals surface area contributed by atoms with Crippen LogP contribution in [-0.4, -0.2) is 45.3 Å². The van der Waals surface area contributed by atoms with E-state index in [1.54, 1.807) is 29.2 Å². The third-order valence-electron chi connectivity index (χ3n) is 3.33. The zero-order chi connectivity index (χ0) is 13.9. The Balaban J connectivity index is 1.78. The molecule has 6 heteroatoms. The molecule has 6 nitrogen and oxygen atoms in total. The molecule has 0 radical (unpaired) electrons. The van der Waals surface area contributed by atoms with Gasteiger partial charge in [0.05, 0.1) is 6.61 Å². The first kappa shape index (κ1) is 12.8. The Morgan fingerprint density at radius 2 is 2.10 bits per heavy atom. The molecule has 1 aromatic heterocycles. The third kappa shape index (κ3) is 2.55. The van der Waals surface area contributed by atoms with Crippen LogP contribution in [0.2, 0.25) is 0 Å². The lowest BCUT2D eigenvalue weighted by Crippen LogP contribution is -2.35. The van der Waals surface area contributed by atoms with E-state index in [4.69, 9.17) is 9.52 Å². The molecular formula is C14H15N3O3. The maximum Gasteiger partial charge on any atom is 0.254 e. The van der Waals surface area contributed by atoms with Gasteiger partial charge in [0.2, 0.25) is 12.3 Å². The molecule has 0 atom stereocenters. The van der Waals surface area contributed by atoms with Crippen LogP contribution in [0.15, 0.2) is 35.1 Å². The van der Waals surface area contributed by atoms with Crippen LogP contribution in [0.1, 0.15) is 23.2 Å². The maximum atomic E-state index is 12.4. The topological polar surface area (TPSA) is 79.5 Å². The van der Waals surface area contributed by atoms with Crippen molar-refractivity contribution >= 4 is 5.91 Å². The predicted molar refractivity (Wildman–Crippen MR) is 70.9 cm³/mol. The second kappa shape index (κ2) is 5.42. The second-order valence-electron chi connectivity index (χ2n) is 4.77. The highest BCUT2D eigenvalue weighted by molar-refractivity contribution is 5.95. The third-order valence-corrected chi connectivity index (χ3v) is 3.33. The van der Waals surface area contributed by atoms with E-state index in [2.05, 4.69) is 10.2 Å². The zero-order valence-electron chi connectivity index (χ0n) is 10.9. The minimum Gasteiger partial charge on any atom is -0.423 e. The van der Waals surface area contributed by atoms with Crippen LogP contribution in [0.3, 0.4) is 0 Å². The van der Waals surface area contributed by atoms with E-state index in [0.717, 1.165) is 18.4 Å². The molecule has 1 aliphatic rings. The summed E-state index contributed by atoms with van der Waals surface area (Å²) >= 11 is 0. The summed E-state index contributed by atoms with van der Waals surface area (Å²) < 4.78 is 5.10. The van der Waals surface area contributed by atoms with Gasteiger partial charge in [0.1, 0.15) is 0 Å². The number of benzene rings is 1. The van der Waals surface area contributed by atoms with Crippen molar-refractivity contribution in [3.05, 3.63) is 36.2 Å². The number of carbonyl (C=O) groups is 1. The fourth-order valence-electron chi connectivity index (χ4n) is 2.16. The van der Waals surface area contributed by atoms with Gasteiger partial charge in [0.25, 0.3) is 5.91 Å². The van der Waals surface area contributed by atoms with Crippen LogP contribution in [0.25, 0.3) is 11.5 Å². The number of hydrogen-bond acceptors (Lipinski definition) is 5. The summed E-state index contributed by atoms with van der Waals surface area (Å²) in [5.41, 5.74) is 1.38. The van der Waals surface area contributed by atoms with Gasteiger partial charge in [-0.1, -0.05) is 0 Å². The number of rotatable bonds is 5. The van der Waals surface area contributed by atoms with Gasteiger partial charge in [-0.25, -0.2) is 0 Å². The number of nitrogens with zero attached hydrogens (tertiary/aromatic N) is 3. The first-order valence-corrected chi connectivity index (χ1v) is 6.58. The number of amides is 1. The molecule has 104 valence electrons. The van der Waals surface area contributed by atoms with Crippen LogP contribution in [-0.2, 0) is 0 Å². The van der Waals surface area contributed by atoms with Crippen molar-refractivity contribution in [1.82, 2.24) is 15.1 Å². The molecule has 1 heterocycles. The van der Waals surface area contributed by atoms with Crippen LogP contribution in [0.5, 0.6) is 0 Å². The van der Waals surface area contributed by atoms with Gasteiger partial charge in [0.15, 0.2) is 0 Å². The Kier molecular flexibility index (Phi) is 3.47. The lowest BCUT2D eigenvalue weighted by Gasteiger charge is -2.21.